The summed E-state index contributed by atoms with van der Waals surface area (Å²) in [7, 11) is 0. The number of carboxylic acid groups (broad SMARTS) is 1. The van der Waals surface area contributed by atoms with Crippen molar-refractivity contribution in [2.75, 3.05) is 32.0 Å². The lowest BCUT2D eigenvalue weighted by Crippen LogP contribution is -2.40. The maximum absolute atomic E-state index is 12.4. The first-order valence-corrected chi connectivity index (χ1v) is 12.4. The summed E-state index contributed by atoms with van der Waals surface area (Å²) in [4.78, 5) is 27.5. The molecule has 0 unspecified atom stereocenters. The van der Waals surface area contributed by atoms with Gasteiger partial charge in [0.05, 0.1) is 12.4 Å². The van der Waals surface area contributed by atoms with E-state index in [1.54, 1.807) is 18.3 Å². The minimum Gasteiger partial charge on any atom is -0.492 e. The van der Waals surface area contributed by atoms with Crippen LogP contribution < -0.4 is 20.5 Å². The van der Waals surface area contributed by atoms with Gasteiger partial charge in [-0.25, -0.2) is 9.78 Å². The Bertz CT molecular complexity index is 1330. The van der Waals surface area contributed by atoms with Crippen LogP contribution in [0.2, 0.25) is 0 Å². The van der Waals surface area contributed by atoms with Crippen LogP contribution in [-0.2, 0) is 4.79 Å². The molecular formula is C27H30F3N5O5. The fourth-order valence-corrected chi connectivity index (χ4v) is 3.88. The number of carbonyl (C=O) groups excluding carboxylic acids is 1. The van der Waals surface area contributed by atoms with Crippen LogP contribution in [0.4, 0.5) is 19.0 Å². The Hall–Kier alpha value is -4.55. The standard InChI is InChI=1S/C25H29N5O3.C2HF3O2/c1-17(26)30-13-9-21(10-14-30)33-20-5-3-19(4-6-20)25(31)29-12-15-32-22-7-2-18-8-11-28-24(27)23(18)16-22;3-2(4,5)1(6)7/h2-8,11,16,21,26H,9-10,12-15H2,1H3,(H2,27,28)(H,29,31);(H,6,7). The summed E-state index contributed by atoms with van der Waals surface area (Å²) in [5.41, 5.74) is 6.49. The number of aromatic nitrogens is 1. The third-order valence-corrected chi connectivity index (χ3v) is 6.00. The van der Waals surface area contributed by atoms with Crippen molar-refractivity contribution in [1.82, 2.24) is 15.2 Å². The number of pyridine rings is 1. The Balaban J connectivity index is 0.000000559. The van der Waals surface area contributed by atoms with Gasteiger partial charge in [-0.1, -0.05) is 6.07 Å². The Labute approximate surface area is 228 Å². The summed E-state index contributed by atoms with van der Waals surface area (Å²) < 4.78 is 43.5. The molecule has 214 valence electrons. The minimum absolute atomic E-state index is 0.138. The summed E-state index contributed by atoms with van der Waals surface area (Å²) >= 11 is 0. The van der Waals surface area contributed by atoms with Gasteiger partial charge in [0.2, 0.25) is 0 Å². The lowest BCUT2D eigenvalue weighted by atomic mass is 10.1. The van der Waals surface area contributed by atoms with E-state index in [0.717, 1.165) is 42.5 Å². The highest BCUT2D eigenvalue weighted by Gasteiger charge is 2.38. The molecule has 2 heterocycles. The molecule has 2 aromatic carbocycles. The SMILES string of the molecule is CC(=N)N1CCC(Oc2ccc(C(=O)NCCOc3ccc4ccnc(N)c4c3)cc2)CC1.O=C(O)C(F)(F)F. The van der Waals surface area contributed by atoms with Crippen LogP contribution >= 0.6 is 0 Å². The third-order valence-electron chi connectivity index (χ3n) is 6.00. The number of nitrogens with two attached hydrogens (primary N) is 1. The van der Waals surface area contributed by atoms with E-state index in [0.29, 0.717) is 36.1 Å². The molecule has 1 fully saturated rings. The monoisotopic (exact) mass is 561 g/mol. The van der Waals surface area contributed by atoms with Crippen LogP contribution in [0.25, 0.3) is 10.8 Å². The molecule has 0 atom stereocenters. The molecule has 40 heavy (non-hydrogen) atoms. The molecule has 0 saturated carbocycles. The van der Waals surface area contributed by atoms with Crippen molar-refractivity contribution in [3.63, 3.8) is 0 Å². The van der Waals surface area contributed by atoms with Gasteiger partial charge in [0.25, 0.3) is 5.91 Å². The number of ether oxygens (including phenoxy) is 2. The van der Waals surface area contributed by atoms with E-state index >= 15 is 0 Å². The third kappa shape index (κ3) is 8.75. The Morgan fingerprint density at radius 3 is 2.35 bits per heavy atom. The number of piperidine rings is 1. The number of carbonyl (C=O) groups is 2. The van der Waals surface area contributed by atoms with Crippen molar-refractivity contribution in [3.8, 4) is 11.5 Å². The first-order chi connectivity index (χ1) is 18.9. The van der Waals surface area contributed by atoms with Crippen molar-refractivity contribution in [2.24, 2.45) is 0 Å². The van der Waals surface area contributed by atoms with E-state index in [9.17, 15) is 18.0 Å². The molecule has 0 bridgehead atoms. The number of hydrogen-bond acceptors (Lipinski definition) is 7. The van der Waals surface area contributed by atoms with Gasteiger partial charge in [0, 0.05) is 43.1 Å². The molecule has 0 aliphatic carbocycles. The van der Waals surface area contributed by atoms with E-state index in [1.165, 1.54) is 0 Å². The van der Waals surface area contributed by atoms with E-state index in [2.05, 4.69) is 15.2 Å². The van der Waals surface area contributed by atoms with Crippen LogP contribution in [0.1, 0.15) is 30.1 Å². The van der Waals surface area contributed by atoms with Crippen molar-refractivity contribution in [3.05, 3.63) is 60.3 Å². The molecule has 5 N–H and O–H groups in total. The smallest absolute Gasteiger partial charge is 0.490 e. The lowest BCUT2D eigenvalue weighted by molar-refractivity contribution is -0.192. The topological polar surface area (TPSA) is 151 Å². The predicted octanol–water partition coefficient (Wildman–Crippen LogP) is 4.10. The van der Waals surface area contributed by atoms with Gasteiger partial charge in [0.1, 0.15) is 30.0 Å². The molecule has 1 aliphatic rings. The van der Waals surface area contributed by atoms with Gasteiger partial charge in [-0.2, -0.15) is 13.2 Å². The molecule has 13 heteroatoms. The zero-order chi connectivity index (χ0) is 29.3. The Kier molecular flexibility index (Phi) is 10.1. The first-order valence-electron chi connectivity index (χ1n) is 12.4. The number of alkyl halides is 3. The lowest BCUT2D eigenvalue weighted by Gasteiger charge is -2.32. The fraction of sp³-hybridized carbons (Fsp3) is 0.333. The number of rotatable bonds is 7. The number of nitrogens with one attached hydrogen (secondary N) is 2. The molecule has 1 amide bonds. The number of aliphatic carboxylic acids is 1. The molecule has 0 radical (unpaired) electrons. The van der Waals surface area contributed by atoms with E-state index in [-0.39, 0.29) is 12.0 Å². The largest absolute Gasteiger partial charge is 0.492 e. The molecule has 4 rings (SSSR count). The first kappa shape index (κ1) is 30.0. The molecule has 3 aromatic rings. The molecule has 10 nitrogen and oxygen atoms in total. The number of nitrogen functional groups attached to an aromatic ring is 1. The second-order valence-electron chi connectivity index (χ2n) is 8.90. The molecule has 1 aromatic heterocycles. The summed E-state index contributed by atoms with van der Waals surface area (Å²) in [5, 5.41) is 19.6. The van der Waals surface area contributed by atoms with Crippen LogP contribution in [0, 0.1) is 5.41 Å². The van der Waals surface area contributed by atoms with Crippen molar-refractivity contribution >= 4 is 34.3 Å². The van der Waals surface area contributed by atoms with Gasteiger partial charge in [-0.3, -0.25) is 10.2 Å². The number of nitrogens with zero attached hydrogens (tertiary/aromatic N) is 2. The van der Waals surface area contributed by atoms with Crippen LogP contribution in [0.15, 0.2) is 54.7 Å². The minimum atomic E-state index is -5.08. The summed E-state index contributed by atoms with van der Waals surface area (Å²) in [5.74, 6) is -0.414. The Morgan fingerprint density at radius 2 is 1.75 bits per heavy atom. The maximum Gasteiger partial charge on any atom is 0.490 e. The number of fused-ring (bicyclic) bond motifs is 1. The van der Waals surface area contributed by atoms with E-state index < -0.39 is 12.1 Å². The van der Waals surface area contributed by atoms with Gasteiger partial charge < -0.3 is 30.5 Å². The van der Waals surface area contributed by atoms with Crippen LogP contribution in [-0.4, -0.2) is 71.2 Å². The van der Waals surface area contributed by atoms with Gasteiger partial charge >= 0.3 is 12.1 Å². The number of likely N-dealkylation sites (tertiary alicyclic amines) is 1. The molecular weight excluding hydrogens is 531 g/mol. The number of amides is 1. The van der Waals surface area contributed by atoms with E-state index in [1.807, 2.05) is 43.3 Å². The van der Waals surface area contributed by atoms with Gasteiger partial charge in [-0.05, 0) is 54.8 Å². The number of halogens is 3. The fourth-order valence-electron chi connectivity index (χ4n) is 3.88. The summed E-state index contributed by atoms with van der Waals surface area (Å²) in [6, 6.07) is 14.7. The van der Waals surface area contributed by atoms with E-state index in [4.69, 9.17) is 30.5 Å². The zero-order valence-corrected chi connectivity index (χ0v) is 21.7. The summed E-state index contributed by atoms with van der Waals surface area (Å²) in [6.07, 6.45) is -1.49. The molecule has 0 spiro atoms. The second-order valence-corrected chi connectivity index (χ2v) is 8.90. The number of hydrogen-bond donors (Lipinski definition) is 4. The summed E-state index contributed by atoms with van der Waals surface area (Å²) in [6.45, 7) is 4.21. The predicted molar refractivity (Wildman–Crippen MR) is 143 cm³/mol. The Morgan fingerprint density at radius 1 is 1.12 bits per heavy atom. The highest BCUT2D eigenvalue weighted by Crippen LogP contribution is 2.24. The van der Waals surface area contributed by atoms with Gasteiger partial charge in [0.15, 0.2) is 0 Å². The average Bonchev–Trinajstić information content (AvgIpc) is 2.92. The van der Waals surface area contributed by atoms with Crippen molar-refractivity contribution in [2.45, 2.75) is 32.0 Å². The number of amidine groups is 1. The highest BCUT2D eigenvalue weighted by molar-refractivity contribution is 5.94. The number of anilines is 1. The van der Waals surface area contributed by atoms with Crippen LogP contribution in [0.5, 0.6) is 11.5 Å². The molecule has 1 saturated heterocycles. The number of carboxylic acids is 1. The number of benzene rings is 2. The second kappa shape index (κ2) is 13.5. The van der Waals surface area contributed by atoms with Gasteiger partial charge in [-0.15, -0.1) is 0 Å². The zero-order valence-electron chi connectivity index (χ0n) is 21.7. The average molecular weight is 562 g/mol. The molecule has 1 aliphatic heterocycles. The highest BCUT2D eigenvalue weighted by atomic mass is 19.4. The van der Waals surface area contributed by atoms with Crippen LogP contribution in [0.3, 0.4) is 0 Å². The van der Waals surface area contributed by atoms with Crippen molar-refractivity contribution in [1.29, 1.82) is 5.41 Å². The van der Waals surface area contributed by atoms with Crippen molar-refractivity contribution < 1.29 is 37.3 Å². The normalized spacial score (nSPS) is 13.7. The maximum atomic E-state index is 12.4. The quantitative estimate of drug-likeness (QED) is 0.191.